The average Bonchev–Trinajstić information content (AvgIpc) is 3.14. The van der Waals surface area contributed by atoms with E-state index >= 15 is 0 Å². The van der Waals surface area contributed by atoms with E-state index < -0.39 is 12.1 Å². The third-order valence-electron chi connectivity index (χ3n) is 4.13. The van der Waals surface area contributed by atoms with Crippen molar-refractivity contribution >= 4 is 23.6 Å². The first-order valence-electron chi connectivity index (χ1n) is 8.20. The number of ether oxygens (including phenoxy) is 1. The molecule has 1 unspecified atom stereocenters. The molecule has 0 saturated heterocycles. The number of carbonyl (C=O) groups is 1. The lowest BCUT2D eigenvalue weighted by molar-refractivity contribution is -0.131. The molecule has 0 fully saturated rings. The second kappa shape index (κ2) is 8.12. The molecule has 138 valence electrons. The molecule has 1 atom stereocenters. The molecule has 5 nitrogen and oxygen atoms in total. The molecule has 0 amide bonds. The quantitative estimate of drug-likeness (QED) is 0.622. The van der Waals surface area contributed by atoms with Crippen molar-refractivity contribution in [2.24, 2.45) is 0 Å². The van der Waals surface area contributed by atoms with Crippen molar-refractivity contribution in [3.63, 3.8) is 0 Å². The summed E-state index contributed by atoms with van der Waals surface area (Å²) in [7, 11) is 1.57. The van der Waals surface area contributed by atoms with E-state index in [0.717, 1.165) is 6.08 Å². The Balaban J connectivity index is 2.09. The molecule has 3 aromatic rings. The predicted octanol–water partition coefficient (Wildman–Crippen LogP) is 4.32. The summed E-state index contributed by atoms with van der Waals surface area (Å²) in [6, 6.07) is 16.0. The number of hydrogen-bond donors (Lipinski definition) is 2. The molecule has 0 radical (unpaired) electrons. The number of nitrogens with zero attached hydrogens (tertiary/aromatic N) is 1. The molecule has 0 aliphatic heterocycles. The van der Waals surface area contributed by atoms with Crippen molar-refractivity contribution in [3.8, 4) is 11.4 Å². The Morgan fingerprint density at radius 3 is 2.74 bits per heavy atom. The van der Waals surface area contributed by atoms with Crippen molar-refractivity contribution in [2.75, 3.05) is 7.11 Å². The number of benzene rings is 2. The molecule has 2 aromatic carbocycles. The second-order valence-corrected chi connectivity index (χ2v) is 6.29. The Labute approximate surface area is 161 Å². The summed E-state index contributed by atoms with van der Waals surface area (Å²) >= 11 is 6.17. The van der Waals surface area contributed by atoms with Gasteiger partial charge in [0.2, 0.25) is 0 Å². The van der Waals surface area contributed by atoms with E-state index in [0.29, 0.717) is 33.3 Å². The van der Waals surface area contributed by atoms with Crippen LogP contribution in [0.15, 0.2) is 66.9 Å². The average molecular weight is 384 g/mol. The molecule has 1 aromatic heterocycles. The molecule has 3 rings (SSSR count). The summed E-state index contributed by atoms with van der Waals surface area (Å²) in [4.78, 5) is 10.8. The number of methoxy groups -OCH3 is 1. The first kappa shape index (κ1) is 18.8. The van der Waals surface area contributed by atoms with Crippen molar-refractivity contribution in [1.82, 2.24) is 4.57 Å². The van der Waals surface area contributed by atoms with Crippen LogP contribution >= 0.6 is 11.6 Å². The smallest absolute Gasteiger partial charge is 0.328 e. The molecule has 6 heteroatoms. The number of hydrogen-bond acceptors (Lipinski definition) is 3. The van der Waals surface area contributed by atoms with Crippen molar-refractivity contribution in [3.05, 3.63) is 88.7 Å². The van der Waals surface area contributed by atoms with Gasteiger partial charge in [-0.1, -0.05) is 23.7 Å². The van der Waals surface area contributed by atoms with E-state index in [4.69, 9.17) is 21.4 Å². The van der Waals surface area contributed by atoms with Crippen LogP contribution in [0.3, 0.4) is 0 Å². The lowest BCUT2D eigenvalue weighted by atomic mass is 9.99. The Morgan fingerprint density at radius 2 is 2.00 bits per heavy atom. The van der Waals surface area contributed by atoms with Gasteiger partial charge in [0, 0.05) is 28.6 Å². The maximum absolute atomic E-state index is 11.0. The zero-order chi connectivity index (χ0) is 19.4. The fraction of sp³-hybridized carbons (Fsp3) is 0.0952. The molecule has 0 saturated carbocycles. The molecule has 0 spiro atoms. The second-order valence-electron chi connectivity index (χ2n) is 5.86. The van der Waals surface area contributed by atoms with Gasteiger partial charge in [-0.2, -0.15) is 0 Å². The maximum Gasteiger partial charge on any atom is 0.328 e. The fourth-order valence-corrected chi connectivity index (χ4v) is 3.04. The Bertz CT molecular complexity index is 993. The van der Waals surface area contributed by atoms with Crippen LogP contribution in [0.5, 0.6) is 5.75 Å². The lowest BCUT2D eigenvalue weighted by Gasteiger charge is -2.19. The molecular weight excluding hydrogens is 366 g/mol. The highest BCUT2D eigenvalue weighted by atomic mass is 35.5. The monoisotopic (exact) mass is 383 g/mol. The predicted molar refractivity (Wildman–Crippen MR) is 105 cm³/mol. The summed E-state index contributed by atoms with van der Waals surface area (Å²) in [5.74, 6) is -0.392. The number of aliphatic carboxylic acids is 1. The van der Waals surface area contributed by atoms with Gasteiger partial charge in [0.05, 0.1) is 12.8 Å². The SMILES string of the molecule is COc1cccc(C(O)c2cc(Cl)ccc2-n2cccc2C=CC(=O)O)c1. The molecule has 27 heavy (non-hydrogen) atoms. The molecular formula is C21H18ClNO4. The van der Waals surface area contributed by atoms with E-state index in [1.165, 1.54) is 6.08 Å². The van der Waals surface area contributed by atoms with Crippen LogP contribution in [-0.4, -0.2) is 27.9 Å². The highest BCUT2D eigenvalue weighted by Gasteiger charge is 2.18. The van der Waals surface area contributed by atoms with Crippen LogP contribution in [-0.2, 0) is 4.79 Å². The van der Waals surface area contributed by atoms with E-state index in [2.05, 4.69) is 0 Å². The number of aliphatic hydroxyl groups is 1. The van der Waals surface area contributed by atoms with Crippen molar-refractivity contribution in [1.29, 1.82) is 0 Å². The van der Waals surface area contributed by atoms with Gasteiger partial charge in [-0.3, -0.25) is 0 Å². The zero-order valence-electron chi connectivity index (χ0n) is 14.5. The summed E-state index contributed by atoms with van der Waals surface area (Å²) < 4.78 is 7.03. The van der Waals surface area contributed by atoms with Gasteiger partial charge in [-0.25, -0.2) is 4.79 Å². The minimum absolute atomic E-state index is 0.491. The number of rotatable bonds is 6. The van der Waals surface area contributed by atoms with Gasteiger partial charge in [-0.05, 0) is 54.1 Å². The first-order chi connectivity index (χ1) is 13.0. The molecule has 0 aliphatic carbocycles. The summed E-state index contributed by atoms with van der Waals surface area (Å²) in [6.45, 7) is 0. The third kappa shape index (κ3) is 4.22. The van der Waals surface area contributed by atoms with E-state index in [1.807, 2.05) is 0 Å². The zero-order valence-corrected chi connectivity index (χ0v) is 15.3. The van der Waals surface area contributed by atoms with Crippen molar-refractivity contribution in [2.45, 2.75) is 6.10 Å². The summed E-state index contributed by atoms with van der Waals surface area (Å²) in [6.07, 6.45) is 3.43. The van der Waals surface area contributed by atoms with Gasteiger partial charge in [-0.15, -0.1) is 0 Å². The molecule has 0 aliphatic rings. The van der Waals surface area contributed by atoms with Crippen LogP contribution < -0.4 is 4.74 Å². The number of aromatic nitrogens is 1. The highest BCUT2D eigenvalue weighted by Crippen LogP contribution is 2.32. The lowest BCUT2D eigenvalue weighted by Crippen LogP contribution is -2.07. The van der Waals surface area contributed by atoms with E-state index in [1.54, 1.807) is 72.5 Å². The number of aliphatic hydroxyl groups excluding tert-OH is 1. The van der Waals surface area contributed by atoms with Gasteiger partial charge < -0.3 is 19.5 Å². The van der Waals surface area contributed by atoms with Gasteiger partial charge >= 0.3 is 5.97 Å². The molecule has 2 N–H and O–H groups in total. The standard InChI is InChI=1S/C21H18ClNO4/c1-27-17-6-2-4-14(12-17)21(26)18-13-15(22)7-9-19(18)23-11-3-5-16(23)8-10-20(24)25/h2-13,21,26H,1H3,(H,24,25). The topological polar surface area (TPSA) is 71.7 Å². The van der Waals surface area contributed by atoms with E-state index in [9.17, 15) is 9.90 Å². The van der Waals surface area contributed by atoms with Crippen LogP contribution in [0.1, 0.15) is 22.9 Å². The summed E-state index contributed by atoms with van der Waals surface area (Å²) in [5.41, 5.74) is 2.62. The molecule has 1 heterocycles. The summed E-state index contributed by atoms with van der Waals surface area (Å²) in [5, 5.41) is 20.4. The number of halogens is 1. The first-order valence-corrected chi connectivity index (χ1v) is 8.57. The minimum atomic E-state index is -1.03. The largest absolute Gasteiger partial charge is 0.497 e. The molecule has 0 bridgehead atoms. The third-order valence-corrected chi connectivity index (χ3v) is 4.37. The van der Waals surface area contributed by atoms with Gasteiger partial charge in [0.1, 0.15) is 11.9 Å². The van der Waals surface area contributed by atoms with Crippen LogP contribution in [0.4, 0.5) is 0 Å². The Kier molecular flexibility index (Phi) is 5.64. The maximum atomic E-state index is 11.0. The van der Waals surface area contributed by atoms with Gasteiger partial charge in [0.25, 0.3) is 0 Å². The van der Waals surface area contributed by atoms with Crippen LogP contribution in [0, 0.1) is 0 Å². The Hall–Kier alpha value is -3.02. The van der Waals surface area contributed by atoms with E-state index in [-0.39, 0.29) is 0 Å². The number of carboxylic acids is 1. The normalized spacial score (nSPS) is 12.3. The van der Waals surface area contributed by atoms with Crippen LogP contribution in [0.2, 0.25) is 5.02 Å². The van der Waals surface area contributed by atoms with Crippen LogP contribution in [0.25, 0.3) is 11.8 Å². The Morgan fingerprint density at radius 1 is 1.19 bits per heavy atom. The van der Waals surface area contributed by atoms with Gasteiger partial charge in [0.15, 0.2) is 0 Å². The number of carboxylic acid groups (broad SMARTS) is 1. The highest BCUT2D eigenvalue weighted by molar-refractivity contribution is 6.30. The minimum Gasteiger partial charge on any atom is -0.497 e. The van der Waals surface area contributed by atoms with Crippen molar-refractivity contribution < 1.29 is 19.7 Å². The fourth-order valence-electron chi connectivity index (χ4n) is 2.86.